The highest BCUT2D eigenvalue weighted by atomic mass is 16.4. The van der Waals surface area contributed by atoms with Gasteiger partial charge in [0.2, 0.25) is 0 Å². The number of carboxylic acids is 1. The molecule has 1 N–H and O–H groups in total. The molecule has 0 aromatic heterocycles. The van der Waals surface area contributed by atoms with Gasteiger partial charge in [-0.25, -0.2) is 4.79 Å². The number of rotatable bonds is 4. The maximum Gasteiger partial charge on any atom is 0.378 e. The lowest BCUT2D eigenvalue weighted by molar-refractivity contribution is -0.145. The van der Waals surface area contributed by atoms with Crippen molar-refractivity contribution in [2.45, 2.75) is 0 Å². The van der Waals surface area contributed by atoms with Gasteiger partial charge in [0.1, 0.15) is 5.71 Å². The summed E-state index contributed by atoms with van der Waals surface area (Å²) in [5, 5.41) is 8.27. The van der Waals surface area contributed by atoms with Crippen molar-refractivity contribution in [2.75, 3.05) is 7.05 Å². The highest BCUT2D eigenvalue weighted by Crippen LogP contribution is 1.85. The molecular formula is C7H8N2O3. The fourth-order valence-corrected chi connectivity index (χ4v) is 0.485. The van der Waals surface area contributed by atoms with Crippen molar-refractivity contribution in [3.8, 4) is 0 Å². The number of aliphatic imine (C=N–C) groups is 2. The molecule has 0 atom stereocenters. The van der Waals surface area contributed by atoms with Crippen molar-refractivity contribution >= 4 is 24.2 Å². The van der Waals surface area contributed by atoms with Crippen molar-refractivity contribution in [3.63, 3.8) is 0 Å². The number of nitrogens with zero attached hydrogens (tertiary/aromatic N) is 2. The van der Waals surface area contributed by atoms with Crippen LogP contribution in [0.5, 0.6) is 0 Å². The Morgan fingerprint density at radius 3 is 2.42 bits per heavy atom. The van der Waals surface area contributed by atoms with E-state index in [4.69, 9.17) is 5.11 Å². The molecule has 0 heterocycles. The van der Waals surface area contributed by atoms with Crippen LogP contribution in [-0.4, -0.2) is 36.3 Å². The Morgan fingerprint density at radius 2 is 2.08 bits per heavy atom. The van der Waals surface area contributed by atoms with Gasteiger partial charge < -0.3 is 5.11 Å². The summed E-state index contributed by atoms with van der Waals surface area (Å²) in [6.45, 7) is 3.12. The zero-order valence-electron chi connectivity index (χ0n) is 6.52. The molecular weight excluding hydrogens is 160 g/mol. The lowest BCUT2D eigenvalue weighted by atomic mass is 10.2. The van der Waals surface area contributed by atoms with E-state index in [-0.39, 0.29) is 5.71 Å². The fraction of sp³-hybridized carbons (Fsp3) is 0.143. The maximum absolute atomic E-state index is 10.7. The molecule has 5 nitrogen and oxygen atoms in total. The minimum Gasteiger partial charge on any atom is -0.475 e. The normalized spacial score (nSPS) is 11.6. The van der Waals surface area contributed by atoms with E-state index < -0.39 is 11.8 Å². The number of hydrogen-bond donors (Lipinski definition) is 1. The molecule has 0 bridgehead atoms. The Kier molecular flexibility index (Phi) is 4.21. The van der Waals surface area contributed by atoms with Gasteiger partial charge in [0, 0.05) is 13.2 Å². The number of ketones is 1. The minimum atomic E-state index is -1.54. The van der Waals surface area contributed by atoms with Crippen LogP contribution in [0.15, 0.2) is 22.3 Å². The van der Waals surface area contributed by atoms with E-state index in [0.717, 1.165) is 0 Å². The van der Waals surface area contributed by atoms with E-state index in [0.29, 0.717) is 0 Å². The molecule has 0 radical (unpaired) electrons. The number of aliphatic carboxylic acids is 1. The second-order valence-electron chi connectivity index (χ2n) is 1.74. The van der Waals surface area contributed by atoms with E-state index in [1.165, 1.54) is 19.3 Å². The number of Topliss-reactive ketones (excluding diaryl/α,β-unsaturated/α-hetero) is 1. The molecule has 64 valence electrons. The van der Waals surface area contributed by atoms with E-state index in [9.17, 15) is 9.59 Å². The molecule has 0 aliphatic rings. The predicted octanol–water partition coefficient (Wildman–Crippen LogP) is -0.0748. The quantitative estimate of drug-likeness (QED) is 0.471. The Balaban J connectivity index is 4.59. The number of carbonyl (C=O) groups is 2. The van der Waals surface area contributed by atoms with Crippen molar-refractivity contribution in [1.82, 2.24) is 0 Å². The van der Waals surface area contributed by atoms with Crippen molar-refractivity contribution in [1.29, 1.82) is 0 Å². The summed E-state index contributed by atoms with van der Waals surface area (Å²) < 4.78 is 0. The molecule has 0 aromatic rings. The highest BCUT2D eigenvalue weighted by Gasteiger charge is 2.15. The number of allylic oxidation sites excluding steroid dienone is 1. The van der Waals surface area contributed by atoms with Crippen molar-refractivity contribution in [3.05, 3.63) is 12.3 Å². The molecule has 0 aliphatic heterocycles. The monoisotopic (exact) mass is 168 g/mol. The minimum absolute atomic E-state index is 0.157. The summed E-state index contributed by atoms with van der Waals surface area (Å²) in [6.07, 6.45) is 2.38. The van der Waals surface area contributed by atoms with Gasteiger partial charge in [-0.2, -0.15) is 0 Å². The van der Waals surface area contributed by atoms with Crippen LogP contribution >= 0.6 is 0 Å². The Labute approximate surface area is 69.1 Å². The topological polar surface area (TPSA) is 79.1 Å². The van der Waals surface area contributed by atoms with Gasteiger partial charge in [-0.15, -0.1) is 0 Å². The van der Waals surface area contributed by atoms with Crippen LogP contribution < -0.4 is 0 Å². The third-order valence-electron chi connectivity index (χ3n) is 1.01. The van der Waals surface area contributed by atoms with Crippen LogP contribution in [0.4, 0.5) is 0 Å². The zero-order valence-corrected chi connectivity index (χ0v) is 6.52. The zero-order chi connectivity index (χ0) is 9.56. The van der Waals surface area contributed by atoms with Gasteiger partial charge in [0.15, 0.2) is 0 Å². The Bertz CT molecular complexity index is 266. The molecule has 0 saturated carbocycles. The standard InChI is InChI=1S/C7H8N2O3/c1-8-4-3-5(9-2)6(10)7(11)12/h3-4H,1H2,2H3,(H,11,12)/b4-3-,9-5?. The summed E-state index contributed by atoms with van der Waals surface area (Å²) in [4.78, 5) is 27.7. The lowest BCUT2D eigenvalue weighted by Gasteiger charge is -1.91. The summed E-state index contributed by atoms with van der Waals surface area (Å²) in [5.74, 6) is -2.60. The molecule has 0 fully saturated rings. The summed E-state index contributed by atoms with van der Waals surface area (Å²) in [5.41, 5.74) is -0.157. The maximum atomic E-state index is 10.7. The Morgan fingerprint density at radius 1 is 1.50 bits per heavy atom. The molecule has 0 saturated heterocycles. The third kappa shape index (κ3) is 2.87. The van der Waals surface area contributed by atoms with E-state index in [1.807, 2.05) is 0 Å². The summed E-state index contributed by atoms with van der Waals surface area (Å²) >= 11 is 0. The largest absolute Gasteiger partial charge is 0.475 e. The van der Waals surface area contributed by atoms with Gasteiger partial charge >= 0.3 is 5.97 Å². The van der Waals surface area contributed by atoms with Crippen LogP contribution in [0.1, 0.15) is 0 Å². The smallest absolute Gasteiger partial charge is 0.378 e. The average molecular weight is 168 g/mol. The molecule has 5 heteroatoms. The lowest BCUT2D eigenvalue weighted by Crippen LogP contribution is -2.21. The van der Waals surface area contributed by atoms with E-state index in [2.05, 4.69) is 16.7 Å². The second-order valence-corrected chi connectivity index (χ2v) is 1.74. The first kappa shape index (κ1) is 10.2. The van der Waals surface area contributed by atoms with Crippen LogP contribution in [0.3, 0.4) is 0 Å². The third-order valence-corrected chi connectivity index (χ3v) is 1.01. The SMILES string of the molecule is C=N/C=C\C(=NC)C(=O)C(=O)O. The average Bonchev–Trinajstić information content (AvgIpc) is 2.05. The number of carbonyl (C=O) groups excluding carboxylic acids is 1. The summed E-state index contributed by atoms with van der Waals surface area (Å²) in [7, 11) is 1.32. The molecule has 12 heavy (non-hydrogen) atoms. The van der Waals surface area contributed by atoms with Gasteiger partial charge in [0.05, 0.1) is 0 Å². The first-order valence-corrected chi connectivity index (χ1v) is 3.00. The molecule has 0 spiro atoms. The van der Waals surface area contributed by atoms with Crippen LogP contribution in [0.25, 0.3) is 0 Å². The number of carboxylic acid groups (broad SMARTS) is 1. The van der Waals surface area contributed by atoms with Gasteiger partial charge in [-0.05, 0) is 12.8 Å². The first-order valence-electron chi connectivity index (χ1n) is 3.00. The van der Waals surface area contributed by atoms with E-state index >= 15 is 0 Å². The molecule has 0 rings (SSSR count). The van der Waals surface area contributed by atoms with Gasteiger partial charge in [-0.1, -0.05) is 0 Å². The summed E-state index contributed by atoms with van der Waals surface area (Å²) in [6, 6.07) is 0. The van der Waals surface area contributed by atoms with Crippen molar-refractivity contribution < 1.29 is 14.7 Å². The Hall–Kier alpha value is -1.78. The molecule has 0 amide bonds. The van der Waals surface area contributed by atoms with E-state index in [1.54, 1.807) is 0 Å². The molecule has 0 aromatic carbocycles. The fourth-order valence-electron chi connectivity index (χ4n) is 0.485. The van der Waals surface area contributed by atoms with Crippen LogP contribution in [-0.2, 0) is 9.59 Å². The highest BCUT2D eigenvalue weighted by molar-refractivity contribution is 6.65. The first-order chi connectivity index (χ1) is 5.63. The van der Waals surface area contributed by atoms with Crippen molar-refractivity contribution in [2.24, 2.45) is 9.98 Å². The number of hydrogen-bond acceptors (Lipinski definition) is 4. The molecule has 0 aliphatic carbocycles. The predicted molar refractivity (Wildman–Crippen MR) is 44.7 cm³/mol. The van der Waals surface area contributed by atoms with Crippen LogP contribution in [0.2, 0.25) is 0 Å². The molecule has 0 unspecified atom stereocenters. The van der Waals surface area contributed by atoms with Gasteiger partial charge in [-0.3, -0.25) is 14.8 Å². The second kappa shape index (κ2) is 4.95. The van der Waals surface area contributed by atoms with Gasteiger partial charge in [0.25, 0.3) is 5.78 Å². The van der Waals surface area contributed by atoms with Crippen LogP contribution in [0, 0.1) is 0 Å².